The molecule has 0 aliphatic carbocycles. The van der Waals surface area contributed by atoms with Crippen LogP contribution in [0.2, 0.25) is 0 Å². The fourth-order valence-electron chi connectivity index (χ4n) is 0. The molecule has 0 spiro atoms. The molecule has 0 fully saturated rings. The second kappa shape index (κ2) is 22.4. The number of aliphatic hydroxyl groups is 2. The summed E-state index contributed by atoms with van der Waals surface area (Å²) >= 11 is 0. The van der Waals surface area contributed by atoms with Gasteiger partial charge >= 0.3 is 0 Å². The maximum absolute atomic E-state index is 9.00. The molecular weight excluding hydrogens is 164 g/mol. The molecule has 0 aromatic carbocycles. The van der Waals surface area contributed by atoms with E-state index in [9.17, 15) is 0 Å². The van der Waals surface area contributed by atoms with Gasteiger partial charge in [-0.05, 0) is 6.92 Å². The standard InChI is InChI=1S/C3H8O.C2H4O2.C2H6O2/c1-3-4-2;1-2(3)4;3-1-2-4/h3H2,1-2H3;1H3,(H,3,4);3-4H,1-2H2. The SMILES string of the molecule is CC(=O)O.CCOC.OCCO. The number of hydrogen-bond acceptors (Lipinski definition) is 4. The topological polar surface area (TPSA) is 87.0 Å². The largest absolute Gasteiger partial charge is 0.481 e. The molecule has 76 valence electrons. The van der Waals surface area contributed by atoms with Crippen molar-refractivity contribution in [3.8, 4) is 0 Å². The number of carboxylic acid groups (broad SMARTS) is 1. The molecule has 0 bridgehead atoms. The van der Waals surface area contributed by atoms with E-state index in [0.29, 0.717) is 0 Å². The van der Waals surface area contributed by atoms with Crippen LogP contribution in [0.15, 0.2) is 0 Å². The molecule has 0 saturated carbocycles. The Kier molecular flexibility index (Phi) is 32.6. The minimum absolute atomic E-state index is 0.125. The third-order valence-electron chi connectivity index (χ3n) is 0.389. The molecule has 0 atom stereocenters. The molecule has 0 amide bonds. The summed E-state index contributed by atoms with van der Waals surface area (Å²) in [6.07, 6.45) is 0. The zero-order chi connectivity index (χ0) is 10.4. The Labute approximate surface area is 72.6 Å². The van der Waals surface area contributed by atoms with Crippen molar-refractivity contribution in [3.63, 3.8) is 0 Å². The third-order valence-corrected chi connectivity index (χ3v) is 0.389. The van der Waals surface area contributed by atoms with Gasteiger partial charge in [-0.25, -0.2) is 0 Å². The maximum Gasteiger partial charge on any atom is 0.300 e. The second-order valence-corrected chi connectivity index (χ2v) is 1.54. The number of methoxy groups -OCH3 is 1. The number of hydrogen-bond donors (Lipinski definition) is 3. The maximum atomic E-state index is 9.00. The highest BCUT2D eigenvalue weighted by Crippen LogP contribution is 1.52. The Morgan fingerprint density at radius 2 is 1.50 bits per heavy atom. The summed E-state index contributed by atoms with van der Waals surface area (Å²) in [5.41, 5.74) is 0. The van der Waals surface area contributed by atoms with Crippen molar-refractivity contribution in [2.24, 2.45) is 0 Å². The molecule has 5 nitrogen and oxygen atoms in total. The molecule has 12 heavy (non-hydrogen) atoms. The zero-order valence-corrected chi connectivity index (χ0v) is 7.78. The molecule has 0 aromatic rings. The van der Waals surface area contributed by atoms with Gasteiger partial charge < -0.3 is 20.1 Å². The van der Waals surface area contributed by atoms with Gasteiger partial charge in [0, 0.05) is 20.6 Å². The molecule has 0 aliphatic heterocycles. The molecule has 0 aromatic heterocycles. The summed E-state index contributed by atoms with van der Waals surface area (Å²) in [5, 5.41) is 22.7. The van der Waals surface area contributed by atoms with Gasteiger partial charge in [0.05, 0.1) is 13.2 Å². The van der Waals surface area contributed by atoms with Gasteiger partial charge in [-0.2, -0.15) is 0 Å². The van der Waals surface area contributed by atoms with E-state index in [4.69, 9.17) is 20.1 Å². The van der Waals surface area contributed by atoms with Crippen LogP contribution in [0.3, 0.4) is 0 Å². The molecule has 5 heteroatoms. The zero-order valence-electron chi connectivity index (χ0n) is 7.78. The molecule has 0 radical (unpaired) electrons. The number of aliphatic carboxylic acids is 1. The first-order chi connectivity index (χ1) is 5.56. The van der Waals surface area contributed by atoms with Crippen molar-refractivity contribution < 1.29 is 24.9 Å². The summed E-state index contributed by atoms with van der Waals surface area (Å²) in [6.45, 7) is 3.61. The van der Waals surface area contributed by atoms with Crippen molar-refractivity contribution in [2.45, 2.75) is 13.8 Å². The highest BCUT2D eigenvalue weighted by Gasteiger charge is 1.65. The number of aliphatic hydroxyl groups excluding tert-OH is 2. The molecule has 0 aliphatic rings. The smallest absolute Gasteiger partial charge is 0.300 e. The Morgan fingerprint density at radius 1 is 1.33 bits per heavy atom. The van der Waals surface area contributed by atoms with Gasteiger partial charge in [0.1, 0.15) is 0 Å². The second-order valence-electron chi connectivity index (χ2n) is 1.54. The fraction of sp³-hybridized carbons (Fsp3) is 0.857. The predicted octanol–water partition coefficient (Wildman–Crippen LogP) is -0.285. The highest BCUT2D eigenvalue weighted by atomic mass is 16.5. The summed E-state index contributed by atoms with van der Waals surface area (Å²) < 4.78 is 4.54. The minimum Gasteiger partial charge on any atom is -0.481 e. The number of carboxylic acids is 1. The van der Waals surface area contributed by atoms with Crippen molar-refractivity contribution in [1.82, 2.24) is 0 Å². The van der Waals surface area contributed by atoms with Crippen molar-refractivity contribution in [1.29, 1.82) is 0 Å². The average Bonchev–Trinajstić information content (AvgIpc) is 2.03. The lowest BCUT2D eigenvalue weighted by Crippen LogP contribution is -1.85. The van der Waals surface area contributed by atoms with E-state index in [2.05, 4.69) is 4.74 Å². The van der Waals surface area contributed by atoms with Gasteiger partial charge in [0.2, 0.25) is 0 Å². The minimum atomic E-state index is -0.833. The molecule has 0 heterocycles. The third kappa shape index (κ3) is 358. The molecular formula is C7H18O5. The lowest BCUT2D eigenvalue weighted by atomic mass is 10.8. The van der Waals surface area contributed by atoms with Crippen LogP contribution >= 0.6 is 0 Å². The van der Waals surface area contributed by atoms with E-state index in [1.165, 1.54) is 0 Å². The lowest BCUT2D eigenvalue weighted by molar-refractivity contribution is -0.134. The Balaban J connectivity index is -0.000000101. The van der Waals surface area contributed by atoms with Gasteiger partial charge in [0.15, 0.2) is 0 Å². The molecule has 0 unspecified atom stereocenters. The normalized spacial score (nSPS) is 7.08. The van der Waals surface area contributed by atoms with Crippen LogP contribution in [-0.2, 0) is 9.53 Å². The number of ether oxygens (including phenoxy) is 1. The Morgan fingerprint density at radius 3 is 1.50 bits per heavy atom. The molecule has 3 N–H and O–H groups in total. The molecule has 0 saturated heterocycles. The fourth-order valence-corrected chi connectivity index (χ4v) is 0. The monoisotopic (exact) mass is 182 g/mol. The van der Waals surface area contributed by atoms with E-state index in [0.717, 1.165) is 13.5 Å². The summed E-state index contributed by atoms with van der Waals surface area (Å²) in [4.78, 5) is 9.00. The van der Waals surface area contributed by atoms with Crippen molar-refractivity contribution in [3.05, 3.63) is 0 Å². The average molecular weight is 182 g/mol. The van der Waals surface area contributed by atoms with Gasteiger partial charge in [-0.3, -0.25) is 4.79 Å². The van der Waals surface area contributed by atoms with E-state index < -0.39 is 5.97 Å². The van der Waals surface area contributed by atoms with Crippen LogP contribution in [0, 0.1) is 0 Å². The van der Waals surface area contributed by atoms with Crippen LogP contribution in [-0.4, -0.2) is 48.2 Å². The highest BCUT2D eigenvalue weighted by molar-refractivity contribution is 5.62. The first kappa shape index (κ1) is 17.4. The van der Waals surface area contributed by atoms with Gasteiger partial charge in [-0.15, -0.1) is 0 Å². The van der Waals surface area contributed by atoms with Gasteiger partial charge in [0.25, 0.3) is 5.97 Å². The van der Waals surface area contributed by atoms with E-state index >= 15 is 0 Å². The van der Waals surface area contributed by atoms with Crippen molar-refractivity contribution in [2.75, 3.05) is 26.9 Å². The number of carbonyl (C=O) groups is 1. The van der Waals surface area contributed by atoms with Crippen LogP contribution in [0.5, 0.6) is 0 Å². The van der Waals surface area contributed by atoms with Crippen LogP contribution in [0.1, 0.15) is 13.8 Å². The van der Waals surface area contributed by atoms with E-state index in [1.807, 2.05) is 6.92 Å². The first-order valence-electron chi connectivity index (χ1n) is 3.46. The van der Waals surface area contributed by atoms with Gasteiger partial charge in [-0.1, -0.05) is 0 Å². The van der Waals surface area contributed by atoms with Crippen LogP contribution in [0.25, 0.3) is 0 Å². The van der Waals surface area contributed by atoms with Crippen LogP contribution in [0.4, 0.5) is 0 Å². The quantitative estimate of drug-likeness (QED) is 0.546. The van der Waals surface area contributed by atoms with Crippen molar-refractivity contribution >= 4 is 5.97 Å². The Hall–Kier alpha value is -0.650. The molecule has 0 rings (SSSR count). The number of rotatable bonds is 2. The van der Waals surface area contributed by atoms with E-state index in [1.54, 1.807) is 7.11 Å². The summed E-state index contributed by atoms with van der Waals surface area (Å²) in [5.74, 6) is -0.833. The van der Waals surface area contributed by atoms with E-state index in [-0.39, 0.29) is 13.2 Å². The first-order valence-corrected chi connectivity index (χ1v) is 3.46. The predicted molar refractivity (Wildman–Crippen MR) is 45.0 cm³/mol. The lowest BCUT2D eigenvalue weighted by Gasteiger charge is -1.76. The van der Waals surface area contributed by atoms with Crippen LogP contribution < -0.4 is 0 Å². The Bertz CT molecular complexity index is 62.2. The summed E-state index contributed by atoms with van der Waals surface area (Å²) in [7, 11) is 1.68. The summed E-state index contributed by atoms with van der Waals surface area (Å²) in [6, 6.07) is 0.